The van der Waals surface area contributed by atoms with E-state index in [9.17, 15) is 0 Å². The van der Waals surface area contributed by atoms with E-state index in [1.54, 1.807) is 0 Å². The van der Waals surface area contributed by atoms with E-state index in [2.05, 4.69) is 40.6 Å². The van der Waals surface area contributed by atoms with Crippen LogP contribution in [-0.2, 0) is 19.5 Å². The first-order valence-corrected chi connectivity index (χ1v) is 6.92. The predicted molar refractivity (Wildman–Crippen MR) is 76.9 cm³/mol. The fraction of sp³-hybridized carbons (Fsp3) is 0.571. The summed E-state index contributed by atoms with van der Waals surface area (Å²) in [5.41, 5.74) is 10.6. The van der Waals surface area contributed by atoms with Gasteiger partial charge in [-0.1, -0.05) is 13.8 Å². The molecule has 0 atom stereocenters. The normalized spacial score (nSPS) is 15.2. The first-order valence-electron chi connectivity index (χ1n) is 6.92. The van der Waals surface area contributed by atoms with Gasteiger partial charge in [-0.15, -0.1) is 0 Å². The summed E-state index contributed by atoms with van der Waals surface area (Å²) in [5, 5.41) is 3.35. The Morgan fingerprint density at radius 1 is 1.37 bits per heavy atom. The molecule has 0 saturated carbocycles. The molecule has 0 aliphatic carbocycles. The largest absolute Gasteiger partial charge is 0.382 e. The molecule has 0 saturated heterocycles. The number of nitrogen functional groups attached to an aromatic ring is 1. The van der Waals surface area contributed by atoms with Gasteiger partial charge in [-0.05, 0) is 25.8 Å². The maximum Gasteiger partial charge on any atom is 0.151 e. The summed E-state index contributed by atoms with van der Waals surface area (Å²) in [4.78, 5) is 9.14. The first-order chi connectivity index (χ1) is 9.08. The standard InChI is InChI=1S/C14H21N5/c1-8(2)7-19-9(3)17-12-13(19)10-4-5-16-6-11(10)18-14(12)15/h8,16H,4-7H2,1-3H3,(H2,15,18). The Morgan fingerprint density at radius 2 is 2.16 bits per heavy atom. The summed E-state index contributed by atoms with van der Waals surface area (Å²) in [6.07, 6.45) is 1.00. The molecule has 0 fully saturated rings. The number of nitrogens with one attached hydrogen (secondary N) is 1. The SMILES string of the molecule is Cc1nc2c(N)nc3c(c2n1CC(C)C)CCNC3. The minimum Gasteiger partial charge on any atom is -0.382 e. The Labute approximate surface area is 113 Å². The first kappa shape index (κ1) is 12.4. The highest BCUT2D eigenvalue weighted by molar-refractivity contribution is 5.89. The van der Waals surface area contributed by atoms with Crippen molar-refractivity contribution >= 4 is 16.9 Å². The maximum absolute atomic E-state index is 6.08. The molecule has 0 bridgehead atoms. The van der Waals surface area contributed by atoms with E-state index in [-0.39, 0.29) is 0 Å². The number of aryl methyl sites for hydroxylation is 1. The van der Waals surface area contributed by atoms with E-state index in [4.69, 9.17) is 5.73 Å². The molecule has 0 unspecified atom stereocenters. The Kier molecular flexibility index (Phi) is 2.93. The average Bonchev–Trinajstić information content (AvgIpc) is 2.68. The van der Waals surface area contributed by atoms with Gasteiger partial charge in [0.25, 0.3) is 0 Å². The van der Waals surface area contributed by atoms with E-state index < -0.39 is 0 Å². The highest BCUT2D eigenvalue weighted by atomic mass is 15.1. The number of fused-ring (bicyclic) bond motifs is 3. The molecule has 0 radical (unpaired) electrons. The molecule has 1 aliphatic rings. The van der Waals surface area contributed by atoms with Gasteiger partial charge in [-0.25, -0.2) is 9.97 Å². The predicted octanol–water partition coefficient (Wildman–Crippen LogP) is 1.62. The van der Waals surface area contributed by atoms with Gasteiger partial charge in [-0.2, -0.15) is 0 Å². The van der Waals surface area contributed by atoms with Crippen LogP contribution in [0.25, 0.3) is 11.0 Å². The lowest BCUT2D eigenvalue weighted by Gasteiger charge is -2.19. The van der Waals surface area contributed by atoms with E-state index in [1.807, 2.05) is 0 Å². The molecule has 0 aromatic carbocycles. The van der Waals surface area contributed by atoms with Gasteiger partial charge in [0.2, 0.25) is 0 Å². The minimum absolute atomic E-state index is 0.558. The molecule has 0 spiro atoms. The zero-order valence-electron chi connectivity index (χ0n) is 11.8. The molecule has 1 aliphatic heterocycles. The number of nitrogens with two attached hydrogens (primary N) is 1. The molecule has 3 rings (SSSR count). The fourth-order valence-corrected chi connectivity index (χ4v) is 2.87. The second-order valence-corrected chi connectivity index (χ2v) is 5.71. The Morgan fingerprint density at radius 3 is 2.89 bits per heavy atom. The Balaban J connectivity index is 2.30. The van der Waals surface area contributed by atoms with Crippen molar-refractivity contribution in [3.8, 4) is 0 Å². The van der Waals surface area contributed by atoms with Gasteiger partial charge >= 0.3 is 0 Å². The van der Waals surface area contributed by atoms with Crippen LogP contribution in [0.2, 0.25) is 0 Å². The number of rotatable bonds is 2. The molecule has 3 N–H and O–H groups in total. The van der Waals surface area contributed by atoms with Crippen molar-refractivity contribution in [3.05, 3.63) is 17.1 Å². The number of anilines is 1. The lowest BCUT2D eigenvalue weighted by atomic mass is 10.0. The molecule has 19 heavy (non-hydrogen) atoms. The second kappa shape index (κ2) is 4.49. The third kappa shape index (κ3) is 1.98. The summed E-state index contributed by atoms with van der Waals surface area (Å²) >= 11 is 0. The number of imidazole rings is 1. The minimum atomic E-state index is 0.558. The number of aromatic nitrogens is 3. The van der Waals surface area contributed by atoms with Gasteiger partial charge < -0.3 is 15.6 Å². The number of pyridine rings is 1. The van der Waals surface area contributed by atoms with Crippen LogP contribution < -0.4 is 11.1 Å². The topological polar surface area (TPSA) is 68.8 Å². The van der Waals surface area contributed by atoms with Crippen LogP contribution in [-0.4, -0.2) is 21.1 Å². The van der Waals surface area contributed by atoms with Gasteiger partial charge in [0, 0.05) is 18.7 Å². The quantitative estimate of drug-likeness (QED) is 0.860. The highest BCUT2D eigenvalue weighted by Gasteiger charge is 2.21. The van der Waals surface area contributed by atoms with Crippen LogP contribution in [0.5, 0.6) is 0 Å². The van der Waals surface area contributed by atoms with Gasteiger partial charge in [0.05, 0.1) is 11.2 Å². The summed E-state index contributed by atoms with van der Waals surface area (Å²) in [7, 11) is 0. The van der Waals surface area contributed by atoms with Crippen LogP contribution in [0.4, 0.5) is 5.82 Å². The molecule has 2 aromatic heterocycles. The van der Waals surface area contributed by atoms with E-state index in [0.29, 0.717) is 11.7 Å². The smallest absolute Gasteiger partial charge is 0.151 e. The van der Waals surface area contributed by atoms with E-state index in [1.165, 1.54) is 11.1 Å². The number of hydrogen-bond donors (Lipinski definition) is 2. The van der Waals surface area contributed by atoms with Crippen molar-refractivity contribution in [1.82, 2.24) is 19.9 Å². The lowest BCUT2D eigenvalue weighted by Crippen LogP contribution is -2.26. The van der Waals surface area contributed by atoms with Gasteiger partial charge in [0.15, 0.2) is 5.82 Å². The molecule has 5 nitrogen and oxygen atoms in total. The van der Waals surface area contributed by atoms with Crippen molar-refractivity contribution in [1.29, 1.82) is 0 Å². The van der Waals surface area contributed by atoms with E-state index in [0.717, 1.165) is 43.1 Å². The van der Waals surface area contributed by atoms with Gasteiger partial charge in [0.1, 0.15) is 11.3 Å². The monoisotopic (exact) mass is 259 g/mol. The third-order valence-electron chi connectivity index (χ3n) is 3.68. The summed E-state index contributed by atoms with van der Waals surface area (Å²) in [5.74, 6) is 2.18. The Bertz CT molecular complexity index is 627. The number of nitrogens with zero attached hydrogens (tertiary/aromatic N) is 3. The highest BCUT2D eigenvalue weighted by Crippen LogP contribution is 2.28. The van der Waals surface area contributed by atoms with E-state index >= 15 is 0 Å². The summed E-state index contributed by atoms with van der Waals surface area (Å²) in [6.45, 7) is 9.29. The van der Waals surface area contributed by atoms with Crippen LogP contribution in [0, 0.1) is 12.8 Å². The summed E-state index contributed by atoms with van der Waals surface area (Å²) in [6, 6.07) is 0. The third-order valence-corrected chi connectivity index (χ3v) is 3.68. The molecule has 2 aromatic rings. The van der Waals surface area contributed by atoms with Crippen LogP contribution in [0.15, 0.2) is 0 Å². The van der Waals surface area contributed by atoms with Gasteiger partial charge in [-0.3, -0.25) is 0 Å². The van der Waals surface area contributed by atoms with Crippen LogP contribution in [0.3, 0.4) is 0 Å². The molecular weight excluding hydrogens is 238 g/mol. The van der Waals surface area contributed by atoms with Crippen LogP contribution >= 0.6 is 0 Å². The van der Waals surface area contributed by atoms with Crippen molar-refractivity contribution < 1.29 is 0 Å². The molecule has 0 amide bonds. The maximum atomic E-state index is 6.08. The molecular formula is C14H21N5. The fourth-order valence-electron chi connectivity index (χ4n) is 2.87. The zero-order valence-corrected chi connectivity index (χ0v) is 11.8. The molecule has 3 heterocycles. The van der Waals surface area contributed by atoms with Crippen LogP contribution in [0.1, 0.15) is 30.9 Å². The molecule has 5 heteroatoms. The van der Waals surface area contributed by atoms with Crippen molar-refractivity contribution in [2.75, 3.05) is 12.3 Å². The second-order valence-electron chi connectivity index (χ2n) is 5.71. The number of hydrogen-bond acceptors (Lipinski definition) is 4. The zero-order chi connectivity index (χ0) is 13.6. The van der Waals surface area contributed by atoms with Crippen molar-refractivity contribution in [2.24, 2.45) is 5.92 Å². The Hall–Kier alpha value is -1.62. The van der Waals surface area contributed by atoms with Crippen molar-refractivity contribution in [3.63, 3.8) is 0 Å². The molecule has 102 valence electrons. The average molecular weight is 259 g/mol. The summed E-state index contributed by atoms with van der Waals surface area (Å²) < 4.78 is 2.31. The van der Waals surface area contributed by atoms with Crippen molar-refractivity contribution in [2.45, 2.75) is 40.3 Å². The lowest BCUT2D eigenvalue weighted by molar-refractivity contribution is 0.521.